The molecule has 1 atom stereocenters. The van der Waals surface area contributed by atoms with Gasteiger partial charge in [0.25, 0.3) is 0 Å². The number of hydrogen-bond acceptors (Lipinski definition) is 4. The fraction of sp³-hybridized carbons (Fsp3) is 0.467. The summed E-state index contributed by atoms with van der Waals surface area (Å²) in [4.78, 5) is 14.4. The zero-order valence-electron chi connectivity index (χ0n) is 13.2. The summed E-state index contributed by atoms with van der Waals surface area (Å²) in [6.45, 7) is 7.57. The second kappa shape index (κ2) is 9.22. The van der Waals surface area contributed by atoms with E-state index in [0.29, 0.717) is 16.5 Å². The molecule has 22 heavy (non-hydrogen) atoms. The van der Waals surface area contributed by atoms with E-state index >= 15 is 0 Å². The van der Waals surface area contributed by atoms with Crippen molar-refractivity contribution in [2.24, 2.45) is 0 Å². The van der Waals surface area contributed by atoms with Gasteiger partial charge in [-0.2, -0.15) is 0 Å². The Morgan fingerprint density at radius 3 is 2.64 bits per heavy atom. The number of rotatable bonds is 6. The molecule has 0 aromatic heterocycles. The lowest BCUT2D eigenvalue weighted by Gasteiger charge is -2.23. The van der Waals surface area contributed by atoms with Crippen molar-refractivity contribution in [2.75, 3.05) is 25.5 Å². The first-order chi connectivity index (χ1) is 10.4. The summed E-state index contributed by atoms with van der Waals surface area (Å²) in [5, 5.41) is 3.06. The third-order valence-corrected chi connectivity index (χ3v) is 4.90. The molecule has 1 rings (SSSR count). The minimum atomic E-state index is -0.309. The van der Waals surface area contributed by atoms with Gasteiger partial charge >= 0.3 is 0 Å². The third-order valence-electron chi connectivity index (χ3n) is 3.09. The monoisotopic (exact) mass is 360 g/mol. The fourth-order valence-electron chi connectivity index (χ4n) is 1.77. The number of nitrogens with zero attached hydrogens (tertiary/aromatic N) is 1. The predicted molar refractivity (Wildman–Crippen MR) is 99.2 cm³/mol. The second-order valence-corrected chi connectivity index (χ2v) is 6.94. The van der Waals surface area contributed by atoms with Crippen LogP contribution < -0.4 is 10.1 Å². The van der Waals surface area contributed by atoms with Gasteiger partial charge < -0.3 is 15.0 Å². The average Bonchev–Trinajstić information content (AvgIpc) is 2.48. The van der Waals surface area contributed by atoms with Gasteiger partial charge in [0.1, 0.15) is 10.1 Å². The number of anilines is 1. The molecule has 7 heteroatoms. The molecule has 4 nitrogen and oxygen atoms in total. The number of thioether (sulfide) groups is 1. The van der Waals surface area contributed by atoms with E-state index in [9.17, 15) is 4.79 Å². The van der Waals surface area contributed by atoms with Crippen LogP contribution in [0.5, 0.6) is 5.75 Å². The Hall–Kier alpha value is -0.980. The van der Waals surface area contributed by atoms with Crippen molar-refractivity contribution in [1.82, 2.24) is 4.90 Å². The largest absolute Gasteiger partial charge is 0.495 e. The number of ether oxygens (including phenoxy) is 1. The average molecular weight is 361 g/mol. The van der Waals surface area contributed by atoms with Crippen molar-refractivity contribution < 1.29 is 9.53 Å². The number of nitrogens with one attached hydrogen (secondary N) is 1. The summed E-state index contributed by atoms with van der Waals surface area (Å²) in [6, 6.07) is 5.10. The summed E-state index contributed by atoms with van der Waals surface area (Å²) < 4.78 is 5.95. The molecular formula is C15H21ClN2O2S2. The van der Waals surface area contributed by atoms with E-state index < -0.39 is 0 Å². The van der Waals surface area contributed by atoms with Crippen LogP contribution in [0.15, 0.2) is 18.2 Å². The number of hydrogen-bond donors (Lipinski definition) is 1. The normalized spacial score (nSPS) is 11.7. The molecule has 0 saturated carbocycles. The Labute approximate surface area is 146 Å². The quantitative estimate of drug-likeness (QED) is 0.775. The highest BCUT2D eigenvalue weighted by Gasteiger charge is 2.19. The molecule has 0 spiro atoms. The van der Waals surface area contributed by atoms with E-state index in [1.165, 1.54) is 11.8 Å². The zero-order valence-corrected chi connectivity index (χ0v) is 15.6. The Bertz CT molecular complexity index is 536. The minimum absolute atomic E-state index is 0.139. The standard InChI is InChI=1S/C15H21ClN2O2S2/c1-5-18(6-2)15(21)22-10(3)14(19)17-12-9-11(16)7-8-13(12)20-4/h7-10H,5-6H2,1-4H3,(H,17,19). The van der Waals surface area contributed by atoms with Crippen LogP contribution in [-0.2, 0) is 4.79 Å². The van der Waals surface area contributed by atoms with Gasteiger partial charge in [0.2, 0.25) is 5.91 Å². The molecule has 122 valence electrons. The number of benzene rings is 1. The number of amides is 1. The summed E-state index contributed by atoms with van der Waals surface area (Å²) >= 11 is 12.7. The van der Waals surface area contributed by atoms with E-state index in [-0.39, 0.29) is 11.2 Å². The first-order valence-corrected chi connectivity index (χ1v) is 8.69. The van der Waals surface area contributed by atoms with Crippen LogP contribution in [0.1, 0.15) is 20.8 Å². The molecule has 0 aliphatic carbocycles. The van der Waals surface area contributed by atoms with E-state index in [0.717, 1.165) is 17.4 Å². The molecule has 0 bridgehead atoms. The highest BCUT2D eigenvalue weighted by Crippen LogP contribution is 2.28. The van der Waals surface area contributed by atoms with E-state index in [1.54, 1.807) is 25.3 Å². The van der Waals surface area contributed by atoms with Crippen LogP contribution >= 0.6 is 35.6 Å². The van der Waals surface area contributed by atoms with Gasteiger partial charge in [0, 0.05) is 18.1 Å². The lowest BCUT2D eigenvalue weighted by molar-refractivity contribution is -0.115. The first kappa shape index (κ1) is 19.1. The van der Waals surface area contributed by atoms with E-state index in [2.05, 4.69) is 5.32 Å². The molecule has 0 aliphatic rings. The van der Waals surface area contributed by atoms with Crippen molar-refractivity contribution in [3.05, 3.63) is 23.2 Å². The maximum absolute atomic E-state index is 12.3. The molecule has 1 aromatic carbocycles. The molecular weight excluding hydrogens is 340 g/mol. The molecule has 1 amide bonds. The van der Waals surface area contributed by atoms with Crippen LogP contribution in [0.4, 0.5) is 5.69 Å². The maximum atomic E-state index is 12.3. The van der Waals surface area contributed by atoms with Crippen molar-refractivity contribution in [3.63, 3.8) is 0 Å². The van der Waals surface area contributed by atoms with E-state index in [4.69, 9.17) is 28.6 Å². The fourth-order valence-corrected chi connectivity index (χ4v) is 3.51. The summed E-state index contributed by atoms with van der Waals surface area (Å²) in [5.74, 6) is 0.432. The predicted octanol–water partition coefficient (Wildman–Crippen LogP) is 4.04. The summed E-state index contributed by atoms with van der Waals surface area (Å²) in [5.41, 5.74) is 0.557. The van der Waals surface area contributed by atoms with Gasteiger partial charge in [0.15, 0.2) is 0 Å². The summed E-state index contributed by atoms with van der Waals surface area (Å²) in [7, 11) is 1.55. The molecule has 1 unspecified atom stereocenters. The van der Waals surface area contributed by atoms with E-state index in [1.807, 2.05) is 25.7 Å². The van der Waals surface area contributed by atoms with Crippen LogP contribution in [0.2, 0.25) is 5.02 Å². The Morgan fingerprint density at radius 2 is 2.09 bits per heavy atom. The second-order valence-electron chi connectivity index (χ2n) is 4.53. The molecule has 1 N–H and O–H groups in total. The molecule has 0 radical (unpaired) electrons. The molecule has 0 aliphatic heterocycles. The van der Waals surface area contributed by atoms with Crippen molar-refractivity contribution in [1.29, 1.82) is 0 Å². The van der Waals surface area contributed by atoms with Crippen LogP contribution in [0, 0.1) is 0 Å². The Kier molecular flexibility index (Phi) is 8.00. The first-order valence-electron chi connectivity index (χ1n) is 7.02. The van der Waals surface area contributed by atoms with Crippen LogP contribution in [-0.4, -0.2) is 40.6 Å². The highest BCUT2D eigenvalue weighted by atomic mass is 35.5. The van der Waals surface area contributed by atoms with Gasteiger partial charge in [-0.05, 0) is 39.0 Å². The minimum Gasteiger partial charge on any atom is -0.495 e. The molecule has 0 heterocycles. The van der Waals surface area contributed by atoms with Gasteiger partial charge in [-0.25, -0.2) is 0 Å². The van der Waals surface area contributed by atoms with Gasteiger partial charge in [-0.3, -0.25) is 4.79 Å². The van der Waals surface area contributed by atoms with Crippen molar-refractivity contribution >= 4 is 51.5 Å². The van der Waals surface area contributed by atoms with Gasteiger partial charge in [-0.1, -0.05) is 35.6 Å². The zero-order chi connectivity index (χ0) is 16.7. The Balaban J connectivity index is 2.72. The Morgan fingerprint density at radius 1 is 1.45 bits per heavy atom. The number of halogens is 1. The topological polar surface area (TPSA) is 41.6 Å². The third kappa shape index (κ3) is 5.34. The highest BCUT2D eigenvalue weighted by molar-refractivity contribution is 8.23. The molecule has 1 aromatic rings. The van der Waals surface area contributed by atoms with Crippen molar-refractivity contribution in [2.45, 2.75) is 26.0 Å². The smallest absolute Gasteiger partial charge is 0.237 e. The van der Waals surface area contributed by atoms with Crippen molar-refractivity contribution in [3.8, 4) is 5.75 Å². The molecule has 0 saturated heterocycles. The van der Waals surface area contributed by atoms with Gasteiger partial charge in [0.05, 0.1) is 18.0 Å². The lowest BCUT2D eigenvalue weighted by Crippen LogP contribution is -2.31. The van der Waals surface area contributed by atoms with Crippen LogP contribution in [0.3, 0.4) is 0 Å². The number of carbonyl (C=O) groups excluding carboxylic acids is 1. The van der Waals surface area contributed by atoms with Crippen LogP contribution in [0.25, 0.3) is 0 Å². The number of thiocarbonyl (C=S) groups is 1. The molecule has 0 fully saturated rings. The maximum Gasteiger partial charge on any atom is 0.237 e. The lowest BCUT2D eigenvalue weighted by atomic mass is 10.3. The SMILES string of the molecule is CCN(CC)C(=S)SC(C)C(=O)Nc1cc(Cl)ccc1OC. The number of carbonyl (C=O) groups is 1. The summed E-state index contributed by atoms with van der Waals surface area (Å²) in [6.07, 6.45) is 0. The van der Waals surface area contributed by atoms with Gasteiger partial charge in [-0.15, -0.1) is 0 Å². The number of methoxy groups -OCH3 is 1.